The summed E-state index contributed by atoms with van der Waals surface area (Å²) in [7, 11) is 0. The van der Waals surface area contributed by atoms with Crippen molar-refractivity contribution in [3.05, 3.63) is 53.7 Å². The first-order valence-electron chi connectivity index (χ1n) is 4.56. The van der Waals surface area contributed by atoms with Gasteiger partial charge in [0.1, 0.15) is 11.5 Å². The highest BCUT2D eigenvalue weighted by atomic mass is 16.3. The molecule has 0 aliphatic carbocycles. The van der Waals surface area contributed by atoms with Crippen molar-refractivity contribution >= 4 is 0 Å². The van der Waals surface area contributed by atoms with Crippen LogP contribution in [0.1, 0.15) is 17.2 Å². The Morgan fingerprint density at radius 2 is 2.00 bits per heavy atom. The quantitative estimate of drug-likeness (QED) is 0.798. The smallest absolute Gasteiger partial charge is 0.117 e. The summed E-state index contributed by atoms with van der Waals surface area (Å²) >= 11 is 0. The Labute approximate surface area is 82.6 Å². The van der Waals surface area contributed by atoms with Crippen LogP contribution in [-0.4, -0.2) is 4.98 Å². The lowest BCUT2D eigenvalue weighted by atomic mass is 10.2. The van der Waals surface area contributed by atoms with E-state index < -0.39 is 0 Å². The highest BCUT2D eigenvalue weighted by Gasteiger charge is 2.01. The van der Waals surface area contributed by atoms with Crippen molar-refractivity contribution in [1.82, 2.24) is 4.98 Å². The van der Waals surface area contributed by atoms with Crippen molar-refractivity contribution in [1.29, 1.82) is 0 Å². The molecule has 2 aromatic heterocycles. The van der Waals surface area contributed by atoms with E-state index in [1.54, 1.807) is 6.20 Å². The van der Waals surface area contributed by atoms with Gasteiger partial charge in [0.05, 0.1) is 6.54 Å². The number of rotatable bonds is 3. The van der Waals surface area contributed by atoms with Crippen LogP contribution in [0.15, 0.2) is 40.9 Å². The van der Waals surface area contributed by atoms with Crippen LogP contribution in [-0.2, 0) is 13.0 Å². The highest BCUT2D eigenvalue weighted by Crippen LogP contribution is 2.11. The van der Waals surface area contributed by atoms with Crippen molar-refractivity contribution in [3.63, 3.8) is 0 Å². The Morgan fingerprint density at radius 3 is 2.64 bits per heavy atom. The number of nitrogens with zero attached hydrogens (tertiary/aromatic N) is 1. The monoisotopic (exact) mass is 188 g/mol. The minimum absolute atomic E-state index is 0.447. The zero-order valence-corrected chi connectivity index (χ0v) is 7.81. The third-order valence-corrected chi connectivity index (χ3v) is 2.00. The Balaban J connectivity index is 2.11. The largest absolute Gasteiger partial charge is 0.464 e. The Kier molecular flexibility index (Phi) is 2.60. The molecule has 2 heterocycles. The second-order valence-electron chi connectivity index (χ2n) is 3.07. The second kappa shape index (κ2) is 4.07. The second-order valence-corrected chi connectivity index (χ2v) is 3.07. The van der Waals surface area contributed by atoms with E-state index in [1.165, 1.54) is 0 Å². The molecular weight excluding hydrogens is 176 g/mol. The summed E-state index contributed by atoms with van der Waals surface area (Å²) in [5.74, 6) is 1.72. The van der Waals surface area contributed by atoms with Crippen LogP contribution in [0.5, 0.6) is 0 Å². The molecule has 0 atom stereocenters. The molecule has 2 aromatic rings. The molecule has 0 bridgehead atoms. The van der Waals surface area contributed by atoms with Crippen LogP contribution in [0.3, 0.4) is 0 Å². The van der Waals surface area contributed by atoms with Gasteiger partial charge >= 0.3 is 0 Å². The molecule has 0 amide bonds. The summed E-state index contributed by atoms with van der Waals surface area (Å²) < 4.78 is 5.47. The highest BCUT2D eigenvalue weighted by molar-refractivity contribution is 5.15. The van der Waals surface area contributed by atoms with Crippen LogP contribution in [0.4, 0.5) is 0 Å². The van der Waals surface area contributed by atoms with Crippen LogP contribution < -0.4 is 5.73 Å². The van der Waals surface area contributed by atoms with E-state index in [2.05, 4.69) is 4.98 Å². The molecule has 0 spiro atoms. The summed E-state index contributed by atoms with van der Waals surface area (Å²) in [6.07, 6.45) is 2.50. The maximum atomic E-state index is 5.47. The molecule has 0 aliphatic heterocycles. The molecule has 14 heavy (non-hydrogen) atoms. The number of nitrogens with two attached hydrogens (primary N) is 1. The first-order chi connectivity index (χ1) is 6.88. The minimum Gasteiger partial charge on any atom is -0.464 e. The molecule has 0 saturated heterocycles. The number of hydrogen-bond donors (Lipinski definition) is 1. The predicted octanol–water partition coefficient (Wildman–Crippen LogP) is 1.72. The van der Waals surface area contributed by atoms with Gasteiger partial charge in [0.25, 0.3) is 0 Å². The fourth-order valence-electron chi connectivity index (χ4n) is 1.31. The van der Waals surface area contributed by atoms with Crippen molar-refractivity contribution in [2.45, 2.75) is 13.0 Å². The van der Waals surface area contributed by atoms with E-state index in [0.717, 1.165) is 23.6 Å². The van der Waals surface area contributed by atoms with Gasteiger partial charge in [-0.25, -0.2) is 0 Å². The van der Waals surface area contributed by atoms with Crippen LogP contribution in [0.2, 0.25) is 0 Å². The lowest BCUT2D eigenvalue weighted by Gasteiger charge is -1.96. The third-order valence-electron chi connectivity index (χ3n) is 2.00. The summed E-state index contributed by atoms with van der Waals surface area (Å²) in [5, 5.41) is 0. The Morgan fingerprint density at radius 1 is 1.14 bits per heavy atom. The minimum atomic E-state index is 0.447. The molecule has 72 valence electrons. The normalized spacial score (nSPS) is 10.4. The van der Waals surface area contributed by atoms with Gasteiger partial charge in [0, 0.05) is 18.3 Å². The van der Waals surface area contributed by atoms with Crippen LogP contribution in [0.25, 0.3) is 0 Å². The molecule has 0 fully saturated rings. The average molecular weight is 188 g/mol. The van der Waals surface area contributed by atoms with Gasteiger partial charge in [0.2, 0.25) is 0 Å². The molecular formula is C11H12N2O. The standard InChI is InChI=1S/C11H12N2O/c12-8-11-5-4-10(14-11)7-9-3-1-2-6-13-9/h1-6H,7-8,12H2. The molecule has 0 unspecified atom stereocenters. The number of hydrogen-bond acceptors (Lipinski definition) is 3. The molecule has 2 N–H and O–H groups in total. The Bertz CT molecular complexity index is 395. The van der Waals surface area contributed by atoms with Gasteiger partial charge in [0.15, 0.2) is 0 Å². The first kappa shape index (κ1) is 8.97. The summed E-state index contributed by atoms with van der Waals surface area (Å²) in [4.78, 5) is 4.22. The van der Waals surface area contributed by atoms with Crippen molar-refractivity contribution in [3.8, 4) is 0 Å². The van der Waals surface area contributed by atoms with Crippen molar-refractivity contribution in [2.24, 2.45) is 5.73 Å². The summed E-state index contributed by atoms with van der Waals surface area (Å²) in [6, 6.07) is 9.69. The van der Waals surface area contributed by atoms with Gasteiger partial charge in [-0.2, -0.15) is 0 Å². The van der Waals surface area contributed by atoms with E-state index in [0.29, 0.717) is 6.54 Å². The number of pyridine rings is 1. The summed E-state index contributed by atoms with van der Waals surface area (Å²) in [6.45, 7) is 0.447. The molecule has 3 nitrogen and oxygen atoms in total. The molecule has 2 rings (SSSR count). The number of furan rings is 1. The fourth-order valence-corrected chi connectivity index (χ4v) is 1.31. The third kappa shape index (κ3) is 2.00. The van der Waals surface area contributed by atoms with E-state index in [9.17, 15) is 0 Å². The average Bonchev–Trinajstić information content (AvgIpc) is 2.67. The Hall–Kier alpha value is -1.61. The van der Waals surface area contributed by atoms with Crippen LogP contribution in [0, 0.1) is 0 Å². The fraction of sp³-hybridized carbons (Fsp3) is 0.182. The van der Waals surface area contributed by atoms with Crippen LogP contribution >= 0.6 is 0 Å². The van der Waals surface area contributed by atoms with Gasteiger partial charge in [-0.05, 0) is 24.3 Å². The maximum Gasteiger partial charge on any atom is 0.117 e. The summed E-state index contributed by atoms with van der Waals surface area (Å²) in [5.41, 5.74) is 6.45. The SMILES string of the molecule is NCc1ccc(Cc2ccccn2)o1. The first-order valence-corrected chi connectivity index (χ1v) is 4.56. The van der Waals surface area contributed by atoms with Gasteiger partial charge in [-0.1, -0.05) is 6.07 Å². The lowest BCUT2D eigenvalue weighted by molar-refractivity contribution is 0.474. The van der Waals surface area contributed by atoms with E-state index in [4.69, 9.17) is 10.2 Å². The van der Waals surface area contributed by atoms with Crippen molar-refractivity contribution < 1.29 is 4.42 Å². The van der Waals surface area contributed by atoms with E-state index >= 15 is 0 Å². The zero-order chi connectivity index (χ0) is 9.80. The lowest BCUT2D eigenvalue weighted by Crippen LogP contribution is -1.93. The molecule has 0 aliphatic rings. The van der Waals surface area contributed by atoms with Crippen molar-refractivity contribution in [2.75, 3.05) is 0 Å². The molecule has 0 radical (unpaired) electrons. The molecule has 3 heteroatoms. The molecule has 0 saturated carbocycles. The van der Waals surface area contributed by atoms with E-state index in [1.807, 2.05) is 30.3 Å². The van der Waals surface area contributed by atoms with Gasteiger partial charge in [-0.3, -0.25) is 4.98 Å². The number of aromatic nitrogens is 1. The topological polar surface area (TPSA) is 52.0 Å². The zero-order valence-electron chi connectivity index (χ0n) is 7.81. The van der Waals surface area contributed by atoms with Gasteiger partial charge in [-0.15, -0.1) is 0 Å². The van der Waals surface area contributed by atoms with Gasteiger partial charge < -0.3 is 10.2 Å². The predicted molar refractivity (Wildman–Crippen MR) is 53.6 cm³/mol. The van der Waals surface area contributed by atoms with E-state index in [-0.39, 0.29) is 0 Å². The molecule has 0 aromatic carbocycles. The maximum absolute atomic E-state index is 5.47.